The third-order valence-electron chi connectivity index (χ3n) is 4.17. The smallest absolute Gasteiger partial charge is 0.330 e. The van der Waals surface area contributed by atoms with Crippen molar-refractivity contribution in [2.75, 3.05) is 13.2 Å². The minimum atomic E-state index is -0.751. The van der Waals surface area contributed by atoms with Crippen molar-refractivity contribution in [1.82, 2.24) is 9.55 Å². The van der Waals surface area contributed by atoms with Crippen molar-refractivity contribution in [2.24, 2.45) is 5.92 Å². The van der Waals surface area contributed by atoms with Crippen molar-refractivity contribution in [3.05, 3.63) is 32.6 Å². The number of hydrogen-bond donors (Lipinski definition) is 2. The van der Waals surface area contributed by atoms with Crippen LogP contribution in [0.4, 0.5) is 0 Å². The van der Waals surface area contributed by atoms with Gasteiger partial charge in [0.1, 0.15) is 11.7 Å². The number of H-pyrrole nitrogens is 1. The maximum Gasteiger partial charge on any atom is 0.330 e. The van der Waals surface area contributed by atoms with Crippen LogP contribution in [0.25, 0.3) is 0 Å². The van der Waals surface area contributed by atoms with E-state index in [1.165, 1.54) is 10.8 Å². The van der Waals surface area contributed by atoms with Crippen LogP contribution in [0.1, 0.15) is 18.7 Å². The molecule has 2 aliphatic rings. The zero-order valence-corrected chi connectivity index (χ0v) is 10.8. The molecule has 2 aliphatic heterocycles. The monoisotopic (exact) mass is 268 g/mol. The zero-order chi connectivity index (χ0) is 13.8. The van der Waals surface area contributed by atoms with Crippen LogP contribution in [0.2, 0.25) is 0 Å². The minimum Gasteiger partial charge on any atom is -0.393 e. The van der Waals surface area contributed by atoms with Gasteiger partial charge in [0.25, 0.3) is 5.56 Å². The number of fused-ring (bicyclic) bond motifs is 2. The second-order valence-corrected chi connectivity index (χ2v) is 5.27. The number of aliphatic hydroxyl groups excluding tert-OH is 1. The summed E-state index contributed by atoms with van der Waals surface area (Å²) in [6.45, 7) is 3.71. The average Bonchev–Trinajstić information content (AvgIpc) is 2.85. The van der Waals surface area contributed by atoms with Gasteiger partial charge in [0, 0.05) is 17.7 Å². The molecule has 1 aromatic heterocycles. The lowest BCUT2D eigenvalue weighted by Gasteiger charge is -2.30. The first kappa shape index (κ1) is 12.6. The lowest BCUT2D eigenvalue weighted by Crippen LogP contribution is -2.43. The van der Waals surface area contributed by atoms with Gasteiger partial charge in [-0.2, -0.15) is 0 Å². The maximum absolute atomic E-state index is 11.9. The number of hydrogen-bond acceptors (Lipinski definition) is 5. The van der Waals surface area contributed by atoms with E-state index in [-0.39, 0.29) is 18.6 Å². The Hall–Kier alpha value is -1.44. The molecule has 7 nitrogen and oxygen atoms in total. The molecule has 0 aromatic carbocycles. The van der Waals surface area contributed by atoms with E-state index in [1.54, 1.807) is 6.92 Å². The first-order valence-corrected chi connectivity index (χ1v) is 6.21. The van der Waals surface area contributed by atoms with Crippen molar-refractivity contribution in [1.29, 1.82) is 0 Å². The van der Waals surface area contributed by atoms with Gasteiger partial charge >= 0.3 is 5.69 Å². The first-order chi connectivity index (χ1) is 8.98. The molecule has 19 heavy (non-hydrogen) atoms. The Morgan fingerprint density at radius 2 is 2.32 bits per heavy atom. The molecule has 7 heteroatoms. The Morgan fingerprint density at radius 3 is 2.95 bits per heavy atom. The lowest BCUT2D eigenvalue weighted by atomic mass is 9.91. The van der Waals surface area contributed by atoms with Gasteiger partial charge in [0.15, 0.2) is 6.23 Å². The summed E-state index contributed by atoms with van der Waals surface area (Å²) in [5, 5.41) is 9.50. The predicted molar refractivity (Wildman–Crippen MR) is 64.9 cm³/mol. The predicted octanol–water partition coefficient (Wildman–Crippen LogP) is -0.860. The third-order valence-corrected chi connectivity index (χ3v) is 4.17. The van der Waals surface area contributed by atoms with Crippen LogP contribution in [-0.2, 0) is 9.47 Å². The molecule has 0 radical (unpaired) electrons. The fourth-order valence-corrected chi connectivity index (χ4v) is 2.81. The van der Waals surface area contributed by atoms with Gasteiger partial charge in [-0.3, -0.25) is 14.3 Å². The quantitative estimate of drug-likeness (QED) is 0.728. The Bertz CT molecular complexity index is 621. The number of nitrogens with one attached hydrogen (secondary N) is 1. The first-order valence-electron chi connectivity index (χ1n) is 6.21. The summed E-state index contributed by atoms with van der Waals surface area (Å²) < 4.78 is 12.8. The van der Waals surface area contributed by atoms with Gasteiger partial charge < -0.3 is 14.6 Å². The Kier molecular flexibility index (Phi) is 2.67. The lowest BCUT2D eigenvalue weighted by molar-refractivity contribution is -0.186. The van der Waals surface area contributed by atoms with E-state index in [4.69, 9.17) is 9.47 Å². The highest BCUT2D eigenvalue weighted by atomic mass is 16.6. The highest BCUT2D eigenvalue weighted by Crippen LogP contribution is 2.48. The van der Waals surface area contributed by atoms with E-state index in [9.17, 15) is 14.7 Å². The van der Waals surface area contributed by atoms with Gasteiger partial charge in [0.05, 0.1) is 13.2 Å². The third kappa shape index (κ3) is 1.62. The second-order valence-electron chi connectivity index (χ2n) is 5.27. The zero-order valence-electron chi connectivity index (χ0n) is 10.8. The van der Waals surface area contributed by atoms with Crippen LogP contribution < -0.4 is 11.2 Å². The van der Waals surface area contributed by atoms with Crippen molar-refractivity contribution in [2.45, 2.75) is 31.8 Å². The fourth-order valence-electron chi connectivity index (χ4n) is 2.81. The molecule has 104 valence electrons. The fraction of sp³-hybridized carbons (Fsp3) is 0.667. The van der Waals surface area contributed by atoms with E-state index < -0.39 is 23.1 Å². The topological polar surface area (TPSA) is 93.6 Å². The molecule has 3 rings (SSSR count). The Labute approximate surface area is 108 Å². The summed E-state index contributed by atoms with van der Waals surface area (Å²) in [6, 6.07) is 0. The van der Waals surface area contributed by atoms with Gasteiger partial charge in [-0.05, 0) is 6.92 Å². The SMILES string of the molecule is Cc1cn([C@@H]2O[C@@]3(CO)CO[C@H]2C3C)c(=O)[nH]c1=O. The van der Waals surface area contributed by atoms with Crippen LogP contribution in [0.3, 0.4) is 0 Å². The van der Waals surface area contributed by atoms with E-state index in [0.717, 1.165) is 0 Å². The molecule has 2 fully saturated rings. The van der Waals surface area contributed by atoms with E-state index in [0.29, 0.717) is 12.2 Å². The van der Waals surface area contributed by atoms with Crippen LogP contribution in [0.5, 0.6) is 0 Å². The van der Waals surface area contributed by atoms with Crippen LogP contribution in [0, 0.1) is 12.8 Å². The number of nitrogens with zero attached hydrogens (tertiary/aromatic N) is 1. The van der Waals surface area contributed by atoms with Crippen molar-refractivity contribution in [3.8, 4) is 0 Å². The summed E-state index contributed by atoms with van der Waals surface area (Å²) in [5.74, 6) is -0.0124. The van der Waals surface area contributed by atoms with E-state index in [1.807, 2.05) is 6.92 Å². The van der Waals surface area contributed by atoms with Crippen molar-refractivity contribution in [3.63, 3.8) is 0 Å². The Morgan fingerprint density at radius 1 is 1.58 bits per heavy atom. The van der Waals surface area contributed by atoms with Gasteiger partial charge in [-0.1, -0.05) is 6.92 Å². The number of aliphatic hydroxyl groups is 1. The average molecular weight is 268 g/mol. The van der Waals surface area contributed by atoms with E-state index >= 15 is 0 Å². The largest absolute Gasteiger partial charge is 0.393 e. The Balaban J connectivity index is 2.04. The number of rotatable bonds is 2. The molecule has 2 bridgehead atoms. The molecule has 0 aliphatic carbocycles. The summed E-state index contributed by atoms with van der Waals surface area (Å²) in [5.41, 5.74) is -1.26. The van der Waals surface area contributed by atoms with Crippen molar-refractivity contribution >= 4 is 0 Å². The van der Waals surface area contributed by atoms with Gasteiger partial charge in [-0.15, -0.1) is 0 Å². The molecule has 0 amide bonds. The maximum atomic E-state index is 11.9. The number of aromatic amines is 1. The van der Waals surface area contributed by atoms with E-state index in [2.05, 4.69) is 4.98 Å². The van der Waals surface area contributed by atoms with Gasteiger partial charge in [-0.25, -0.2) is 4.79 Å². The number of ether oxygens (including phenoxy) is 2. The molecule has 3 heterocycles. The number of aryl methyl sites for hydroxylation is 1. The van der Waals surface area contributed by atoms with Crippen LogP contribution >= 0.6 is 0 Å². The molecule has 0 saturated carbocycles. The van der Waals surface area contributed by atoms with Crippen LogP contribution in [0.15, 0.2) is 15.8 Å². The molecule has 1 unspecified atom stereocenters. The molecular formula is C12H16N2O5. The van der Waals surface area contributed by atoms with Crippen molar-refractivity contribution < 1.29 is 14.6 Å². The molecule has 4 atom stereocenters. The summed E-state index contributed by atoms with van der Waals surface area (Å²) in [6.07, 6.45) is 0.558. The summed E-state index contributed by atoms with van der Waals surface area (Å²) in [4.78, 5) is 25.5. The summed E-state index contributed by atoms with van der Waals surface area (Å²) in [7, 11) is 0. The summed E-state index contributed by atoms with van der Waals surface area (Å²) >= 11 is 0. The molecule has 2 N–H and O–H groups in total. The standard InChI is InChI=1S/C12H16N2O5/c1-6-3-14(11(17)13-9(6)16)10-8-7(2)12(4-15,19-10)5-18-8/h3,7-8,10,15H,4-5H2,1-2H3,(H,13,16,17)/t7?,8-,10+,12-/m0/s1. The molecular weight excluding hydrogens is 252 g/mol. The molecule has 1 aromatic rings. The normalized spacial score (nSPS) is 36.9. The second kappa shape index (κ2) is 4.03. The highest BCUT2D eigenvalue weighted by molar-refractivity contribution is 5.07. The minimum absolute atomic E-state index is 0.0124. The van der Waals surface area contributed by atoms with Gasteiger partial charge in [0.2, 0.25) is 0 Å². The highest BCUT2D eigenvalue weighted by Gasteiger charge is 2.59. The molecule has 0 spiro atoms. The van der Waals surface area contributed by atoms with Crippen LogP contribution in [-0.4, -0.2) is 39.6 Å². The number of aromatic nitrogens is 2. The molecule has 2 saturated heterocycles.